The van der Waals surface area contributed by atoms with Crippen LogP contribution in [0.25, 0.3) is 0 Å². The van der Waals surface area contributed by atoms with E-state index < -0.39 is 0 Å². The lowest BCUT2D eigenvalue weighted by molar-refractivity contribution is -0.135. The van der Waals surface area contributed by atoms with E-state index in [4.69, 9.17) is 0 Å². The second-order valence-electron chi connectivity index (χ2n) is 4.70. The molecular formula is C11H20N2O2. The highest BCUT2D eigenvalue weighted by Crippen LogP contribution is 2.25. The predicted octanol–water partition coefficient (Wildman–Crippen LogP) is -0.0323. The van der Waals surface area contributed by atoms with Crippen molar-refractivity contribution in [1.29, 1.82) is 0 Å². The van der Waals surface area contributed by atoms with Gasteiger partial charge in [0.1, 0.15) is 0 Å². The molecule has 0 saturated carbocycles. The van der Waals surface area contributed by atoms with Crippen LogP contribution < -0.4 is 5.32 Å². The van der Waals surface area contributed by atoms with E-state index in [1.54, 1.807) is 0 Å². The number of aliphatic hydroxyl groups excluding tert-OH is 1. The molecule has 4 heteroatoms. The van der Waals surface area contributed by atoms with Crippen LogP contribution in [0.15, 0.2) is 0 Å². The van der Waals surface area contributed by atoms with Crippen molar-refractivity contribution in [3.63, 3.8) is 0 Å². The van der Waals surface area contributed by atoms with E-state index in [0.29, 0.717) is 5.92 Å². The van der Waals surface area contributed by atoms with Crippen LogP contribution >= 0.6 is 0 Å². The SMILES string of the molecule is CC1CCN(C(=O)[C@@H]2CCCN2)C1CO. The van der Waals surface area contributed by atoms with Crippen LogP contribution in [-0.4, -0.2) is 47.7 Å². The summed E-state index contributed by atoms with van der Waals surface area (Å²) in [6, 6.07) is 0.0456. The first kappa shape index (κ1) is 10.9. The Labute approximate surface area is 90.6 Å². The van der Waals surface area contributed by atoms with E-state index >= 15 is 0 Å². The number of hydrogen-bond acceptors (Lipinski definition) is 3. The van der Waals surface area contributed by atoms with Crippen LogP contribution in [0.1, 0.15) is 26.2 Å². The molecule has 2 N–H and O–H groups in total. The van der Waals surface area contributed by atoms with Gasteiger partial charge in [0, 0.05) is 6.54 Å². The maximum atomic E-state index is 12.1. The third-order valence-electron chi connectivity index (χ3n) is 3.71. The second-order valence-corrected chi connectivity index (χ2v) is 4.70. The molecule has 0 bridgehead atoms. The fraction of sp³-hybridized carbons (Fsp3) is 0.909. The molecule has 2 aliphatic rings. The Hall–Kier alpha value is -0.610. The molecule has 2 heterocycles. The van der Waals surface area contributed by atoms with Crippen LogP contribution in [0, 0.1) is 5.92 Å². The summed E-state index contributed by atoms with van der Waals surface area (Å²) in [6.07, 6.45) is 3.05. The lowest BCUT2D eigenvalue weighted by Gasteiger charge is -2.27. The van der Waals surface area contributed by atoms with Gasteiger partial charge in [0.05, 0.1) is 18.7 Å². The van der Waals surface area contributed by atoms with Gasteiger partial charge in [0.2, 0.25) is 5.91 Å². The van der Waals surface area contributed by atoms with Gasteiger partial charge in [-0.2, -0.15) is 0 Å². The average molecular weight is 212 g/mol. The number of amides is 1. The van der Waals surface area contributed by atoms with Gasteiger partial charge in [-0.3, -0.25) is 4.79 Å². The predicted molar refractivity (Wildman–Crippen MR) is 57.4 cm³/mol. The molecule has 15 heavy (non-hydrogen) atoms. The molecular weight excluding hydrogens is 192 g/mol. The van der Waals surface area contributed by atoms with Gasteiger partial charge in [-0.15, -0.1) is 0 Å². The van der Waals surface area contributed by atoms with Crippen molar-refractivity contribution in [1.82, 2.24) is 10.2 Å². The molecule has 0 aromatic rings. The number of likely N-dealkylation sites (tertiary alicyclic amines) is 1. The number of rotatable bonds is 2. The molecule has 2 unspecified atom stereocenters. The number of nitrogens with one attached hydrogen (secondary N) is 1. The van der Waals surface area contributed by atoms with E-state index in [9.17, 15) is 9.90 Å². The van der Waals surface area contributed by atoms with Crippen LogP contribution in [0.4, 0.5) is 0 Å². The molecule has 3 atom stereocenters. The Kier molecular flexibility index (Phi) is 3.26. The lowest BCUT2D eigenvalue weighted by atomic mass is 10.0. The summed E-state index contributed by atoms with van der Waals surface area (Å²) in [5.41, 5.74) is 0. The van der Waals surface area contributed by atoms with Crippen molar-refractivity contribution in [2.45, 2.75) is 38.3 Å². The van der Waals surface area contributed by atoms with E-state index in [0.717, 1.165) is 32.4 Å². The summed E-state index contributed by atoms with van der Waals surface area (Å²) < 4.78 is 0. The van der Waals surface area contributed by atoms with Gasteiger partial charge in [-0.05, 0) is 31.7 Å². The van der Waals surface area contributed by atoms with Crippen molar-refractivity contribution in [3.05, 3.63) is 0 Å². The fourth-order valence-corrected chi connectivity index (χ4v) is 2.66. The highest BCUT2D eigenvalue weighted by molar-refractivity contribution is 5.82. The number of carbonyl (C=O) groups is 1. The minimum absolute atomic E-state index is 0.00403. The maximum absolute atomic E-state index is 12.1. The highest BCUT2D eigenvalue weighted by atomic mass is 16.3. The first-order valence-corrected chi connectivity index (χ1v) is 5.88. The standard InChI is InChI=1S/C11H20N2O2/c1-8-4-6-13(10(8)7-14)11(15)9-3-2-5-12-9/h8-10,12,14H,2-7H2,1H3/t8?,9-,10?/m0/s1. The second kappa shape index (κ2) is 4.49. The zero-order valence-corrected chi connectivity index (χ0v) is 9.28. The largest absolute Gasteiger partial charge is 0.394 e. The molecule has 0 aromatic carbocycles. The van der Waals surface area contributed by atoms with Crippen LogP contribution in [0.3, 0.4) is 0 Å². The van der Waals surface area contributed by atoms with E-state index in [-0.39, 0.29) is 24.6 Å². The molecule has 2 saturated heterocycles. The third-order valence-corrected chi connectivity index (χ3v) is 3.71. The molecule has 2 aliphatic heterocycles. The number of aliphatic hydroxyl groups is 1. The van der Waals surface area contributed by atoms with Crippen LogP contribution in [0.2, 0.25) is 0 Å². The Morgan fingerprint density at radius 1 is 1.53 bits per heavy atom. The Balaban J connectivity index is 2.00. The monoisotopic (exact) mass is 212 g/mol. The number of hydrogen-bond donors (Lipinski definition) is 2. The Morgan fingerprint density at radius 3 is 2.93 bits per heavy atom. The zero-order chi connectivity index (χ0) is 10.8. The lowest BCUT2D eigenvalue weighted by Crippen LogP contribution is -2.47. The van der Waals surface area contributed by atoms with Gasteiger partial charge in [0.15, 0.2) is 0 Å². The molecule has 0 aliphatic carbocycles. The summed E-state index contributed by atoms with van der Waals surface area (Å²) in [7, 11) is 0. The van der Waals surface area contributed by atoms with Crippen molar-refractivity contribution >= 4 is 5.91 Å². The average Bonchev–Trinajstić information content (AvgIpc) is 2.85. The summed E-state index contributed by atoms with van der Waals surface area (Å²) in [6.45, 7) is 3.96. The summed E-state index contributed by atoms with van der Waals surface area (Å²) in [5.74, 6) is 0.622. The fourth-order valence-electron chi connectivity index (χ4n) is 2.66. The molecule has 86 valence electrons. The van der Waals surface area contributed by atoms with E-state index in [2.05, 4.69) is 12.2 Å². The van der Waals surface area contributed by atoms with Gasteiger partial charge in [-0.25, -0.2) is 0 Å². The molecule has 2 fully saturated rings. The van der Waals surface area contributed by atoms with Gasteiger partial charge >= 0.3 is 0 Å². The highest BCUT2D eigenvalue weighted by Gasteiger charge is 2.37. The normalized spacial score (nSPS) is 36.1. The first-order valence-electron chi connectivity index (χ1n) is 5.88. The topological polar surface area (TPSA) is 52.6 Å². The zero-order valence-electron chi connectivity index (χ0n) is 9.28. The minimum atomic E-state index is 0.00403. The van der Waals surface area contributed by atoms with Crippen LogP contribution in [0.5, 0.6) is 0 Å². The molecule has 0 radical (unpaired) electrons. The Bertz CT molecular complexity index is 239. The third kappa shape index (κ3) is 2.01. The summed E-state index contributed by atoms with van der Waals surface area (Å²) >= 11 is 0. The van der Waals surface area contributed by atoms with Crippen LogP contribution in [-0.2, 0) is 4.79 Å². The molecule has 0 aromatic heterocycles. The van der Waals surface area contributed by atoms with E-state index in [1.165, 1.54) is 0 Å². The number of carbonyl (C=O) groups excluding carboxylic acids is 1. The molecule has 0 spiro atoms. The number of nitrogens with zero attached hydrogens (tertiary/aromatic N) is 1. The van der Waals surface area contributed by atoms with Gasteiger partial charge in [-0.1, -0.05) is 6.92 Å². The first-order chi connectivity index (χ1) is 7.24. The van der Waals surface area contributed by atoms with Crippen molar-refractivity contribution < 1.29 is 9.90 Å². The molecule has 4 nitrogen and oxygen atoms in total. The van der Waals surface area contributed by atoms with Gasteiger partial charge < -0.3 is 15.3 Å². The van der Waals surface area contributed by atoms with Crippen molar-refractivity contribution in [3.8, 4) is 0 Å². The quantitative estimate of drug-likeness (QED) is 0.676. The summed E-state index contributed by atoms with van der Waals surface area (Å²) in [4.78, 5) is 14.0. The summed E-state index contributed by atoms with van der Waals surface area (Å²) in [5, 5.41) is 12.5. The van der Waals surface area contributed by atoms with Gasteiger partial charge in [0.25, 0.3) is 0 Å². The van der Waals surface area contributed by atoms with E-state index in [1.807, 2.05) is 4.90 Å². The smallest absolute Gasteiger partial charge is 0.240 e. The maximum Gasteiger partial charge on any atom is 0.240 e. The molecule has 1 amide bonds. The Morgan fingerprint density at radius 2 is 2.33 bits per heavy atom. The minimum Gasteiger partial charge on any atom is -0.394 e. The van der Waals surface area contributed by atoms with Crippen molar-refractivity contribution in [2.24, 2.45) is 5.92 Å². The van der Waals surface area contributed by atoms with Crippen molar-refractivity contribution in [2.75, 3.05) is 19.7 Å². The molecule has 2 rings (SSSR count).